The lowest BCUT2D eigenvalue weighted by molar-refractivity contribution is 0.460. The Kier molecular flexibility index (Phi) is 10.1. The van der Waals surface area contributed by atoms with Crippen LogP contribution in [0.5, 0.6) is 0 Å². The van der Waals surface area contributed by atoms with E-state index >= 15 is 0 Å². The summed E-state index contributed by atoms with van der Waals surface area (Å²) >= 11 is 1.83. The number of anilines is 1. The first-order valence-electron chi connectivity index (χ1n) is 9.04. The number of hydrogen-bond donors (Lipinski definition) is 2. The van der Waals surface area contributed by atoms with Crippen LogP contribution in [0.1, 0.15) is 33.6 Å². The number of guanidine groups is 1. The molecule has 26 heavy (non-hydrogen) atoms. The second kappa shape index (κ2) is 11.2. The van der Waals surface area contributed by atoms with Gasteiger partial charge in [-0.2, -0.15) is 11.8 Å². The number of nitrogens with one attached hydrogen (secondary N) is 2. The zero-order valence-electron chi connectivity index (χ0n) is 16.2. The summed E-state index contributed by atoms with van der Waals surface area (Å²) in [7, 11) is 0. The molecule has 1 aromatic rings. The summed E-state index contributed by atoms with van der Waals surface area (Å²) in [6.45, 7) is 10.0. The average Bonchev–Trinajstić information content (AvgIpc) is 2.61. The summed E-state index contributed by atoms with van der Waals surface area (Å²) in [5.41, 5.74) is 0.973. The summed E-state index contributed by atoms with van der Waals surface area (Å²) in [4.78, 5) is 7.00. The minimum atomic E-state index is -0.171. The Morgan fingerprint density at radius 3 is 2.62 bits per heavy atom. The molecule has 0 atom stereocenters. The SMILES string of the molecule is CCNC(=NCC(C)(C)SC)NC1CCN(c2cccc(F)c2)CC1.I. The molecule has 4 nitrogen and oxygen atoms in total. The van der Waals surface area contributed by atoms with Gasteiger partial charge in [0.15, 0.2) is 5.96 Å². The molecule has 1 aliphatic rings. The van der Waals surface area contributed by atoms with Crippen LogP contribution in [-0.2, 0) is 0 Å². The molecule has 148 valence electrons. The van der Waals surface area contributed by atoms with Crippen LogP contribution in [0.15, 0.2) is 29.3 Å². The van der Waals surface area contributed by atoms with E-state index in [0.29, 0.717) is 6.04 Å². The first-order valence-corrected chi connectivity index (χ1v) is 10.3. The molecule has 0 amide bonds. The van der Waals surface area contributed by atoms with Crippen LogP contribution in [0.25, 0.3) is 0 Å². The van der Waals surface area contributed by atoms with Crippen LogP contribution in [-0.4, -0.2) is 49.2 Å². The predicted molar refractivity (Wildman–Crippen MR) is 124 cm³/mol. The second-order valence-electron chi connectivity index (χ2n) is 7.04. The van der Waals surface area contributed by atoms with Gasteiger partial charge in [0.05, 0.1) is 6.54 Å². The van der Waals surface area contributed by atoms with E-state index in [0.717, 1.165) is 50.7 Å². The minimum absolute atomic E-state index is 0. The van der Waals surface area contributed by atoms with Gasteiger partial charge in [-0.05, 0) is 58.1 Å². The van der Waals surface area contributed by atoms with Crippen LogP contribution in [0.3, 0.4) is 0 Å². The Morgan fingerprint density at radius 2 is 2.04 bits per heavy atom. The largest absolute Gasteiger partial charge is 0.371 e. The number of rotatable bonds is 6. The molecule has 2 rings (SSSR count). The van der Waals surface area contributed by atoms with Crippen LogP contribution < -0.4 is 15.5 Å². The fourth-order valence-electron chi connectivity index (χ4n) is 2.80. The number of hydrogen-bond acceptors (Lipinski definition) is 3. The lowest BCUT2D eigenvalue weighted by Crippen LogP contribution is -2.49. The highest BCUT2D eigenvalue weighted by molar-refractivity contribution is 14.0. The van der Waals surface area contributed by atoms with Gasteiger partial charge in [0.25, 0.3) is 0 Å². The first-order chi connectivity index (χ1) is 11.9. The fraction of sp³-hybridized carbons (Fsp3) is 0.632. The molecule has 0 bridgehead atoms. The van der Waals surface area contributed by atoms with Crippen LogP contribution >= 0.6 is 35.7 Å². The summed E-state index contributed by atoms with van der Waals surface area (Å²) in [5, 5.41) is 6.91. The van der Waals surface area contributed by atoms with Gasteiger partial charge in [-0.15, -0.1) is 24.0 Å². The predicted octanol–water partition coefficient (Wildman–Crippen LogP) is 4.11. The van der Waals surface area contributed by atoms with Gasteiger partial charge in [0, 0.05) is 36.1 Å². The second-order valence-corrected chi connectivity index (χ2v) is 8.56. The molecule has 1 heterocycles. The lowest BCUT2D eigenvalue weighted by atomic mass is 10.0. The van der Waals surface area contributed by atoms with Gasteiger partial charge in [-0.25, -0.2) is 4.39 Å². The molecule has 0 spiro atoms. The van der Waals surface area contributed by atoms with Crippen molar-refractivity contribution in [2.75, 3.05) is 37.3 Å². The van der Waals surface area contributed by atoms with Gasteiger partial charge >= 0.3 is 0 Å². The number of piperidine rings is 1. The highest BCUT2D eigenvalue weighted by Gasteiger charge is 2.21. The molecule has 1 aromatic carbocycles. The van der Waals surface area contributed by atoms with E-state index in [1.165, 1.54) is 6.07 Å². The van der Waals surface area contributed by atoms with Crippen molar-refractivity contribution in [1.82, 2.24) is 10.6 Å². The molecule has 0 aliphatic carbocycles. The Balaban J connectivity index is 0.00000338. The maximum Gasteiger partial charge on any atom is 0.191 e. The molecule has 7 heteroatoms. The summed E-state index contributed by atoms with van der Waals surface area (Å²) in [6.07, 6.45) is 4.16. The van der Waals surface area contributed by atoms with E-state index in [9.17, 15) is 4.39 Å². The Bertz CT molecular complexity index is 574. The van der Waals surface area contributed by atoms with Crippen molar-refractivity contribution in [3.8, 4) is 0 Å². The van der Waals surface area contributed by atoms with Crippen molar-refractivity contribution in [2.24, 2.45) is 4.99 Å². The highest BCUT2D eigenvalue weighted by atomic mass is 127. The van der Waals surface area contributed by atoms with Crippen molar-refractivity contribution in [3.63, 3.8) is 0 Å². The van der Waals surface area contributed by atoms with Crippen LogP contribution in [0.2, 0.25) is 0 Å². The number of benzene rings is 1. The van der Waals surface area contributed by atoms with E-state index in [1.54, 1.807) is 12.1 Å². The standard InChI is InChI=1S/C19H31FN4S.HI/c1-5-21-18(22-14-19(2,3)25-4)23-16-9-11-24(12-10-16)17-8-6-7-15(20)13-17;/h6-8,13,16H,5,9-12,14H2,1-4H3,(H2,21,22,23);1H. The normalized spacial score (nSPS) is 16.2. The Labute approximate surface area is 178 Å². The van der Waals surface area contributed by atoms with Gasteiger partial charge in [-0.1, -0.05) is 6.07 Å². The van der Waals surface area contributed by atoms with Crippen LogP contribution in [0.4, 0.5) is 10.1 Å². The summed E-state index contributed by atoms with van der Waals surface area (Å²) in [6, 6.07) is 7.27. The van der Waals surface area contributed by atoms with Gasteiger partial charge in [0.1, 0.15) is 5.82 Å². The molecular weight excluding hydrogens is 462 g/mol. The molecule has 2 N–H and O–H groups in total. The quantitative estimate of drug-likeness (QED) is 0.355. The van der Waals surface area contributed by atoms with Crippen LogP contribution in [0, 0.1) is 5.82 Å². The van der Waals surface area contributed by atoms with Crippen molar-refractivity contribution >= 4 is 47.4 Å². The molecule has 0 saturated carbocycles. The first kappa shape index (κ1) is 23.3. The zero-order chi connectivity index (χ0) is 18.3. The van der Waals surface area contributed by atoms with Gasteiger partial charge < -0.3 is 15.5 Å². The van der Waals surface area contributed by atoms with E-state index in [2.05, 4.69) is 42.6 Å². The Morgan fingerprint density at radius 1 is 1.35 bits per heavy atom. The van der Waals surface area contributed by atoms with Gasteiger partial charge in [0.2, 0.25) is 0 Å². The number of nitrogens with zero attached hydrogens (tertiary/aromatic N) is 2. The van der Waals surface area contributed by atoms with E-state index in [1.807, 2.05) is 17.8 Å². The monoisotopic (exact) mass is 494 g/mol. The van der Waals surface area contributed by atoms with E-state index < -0.39 is 0 Å². The number of halogens is 2. The molecule has 1 fully saturated rings. The third-order valence-corrected chi connectivity index (χ3v) is 5.76. The Hall–Kier alpha value is -0.700. The van der Waals surface area contributed by atoms with Gasteiger partial charge in [-0.3, -0.25) is 4.99 Å². The van der Waals surface area contributed by atoms with E-state index in [-0.39, 0.29) is 34.5 Å². The molecule has 0 unspecified atom stereocenters. The molecule has 0 aromatic heterocycles. The third-order valence-electron chi connectivity index (χ3n) is 4.52. The summed E-state index contributed by atoms with van der Waals surface area (Å²) in [5.74, 6) is 0.726. The van der Waals surface area contributed by atoms with Crippen molar-refractivity contribution < 1.29 is 4.39 Å². The van der Waals surface area contributed by atoms with Crippen molar-refractivity contribution in [1.29, 1.82) is 0 Å². The summed E-state index contributed by atoms with van der Waals surface area (Å²) < 4.78 is 13.5. The average molecular weight is 494 g/mol. The maximum atomic E-state index is 13.4. The molecule has 0 radical (unpaired) electrons. The zero-order valence-corrected chi connectivity index (χ0v) is 19.4. The highest BCUT2D eigenvalue weighted by Crippen LogP contribution is 2.22. The minimum Gasteiger partial charge on any atom is -0.371 e. The van der Waals surface area contributed by atoms with Crippen molar-refractivity contribution in [2.45, 2.75) is 44.4 Å². The lowest BCUT2D eigenvalue weighted by Gasteiger charge is -2.34. The number of aliphatic imine (C=N–C) groups is 1. The van der Waals surface area contributed by atoms with Crippen molar-refractivity contribution in [3.05, 3.63) is 30.1 Å². The van der Waals surface area contributed by atoms with E-state index in [4.69, 9.17) is 4.99 Å². The fourth-order valence-corrected chi connectivity index (χ4v) is 3.00. The smallest absolute Gasteiger partial charge is 0.191 e. The molecule has 1 saturated heterocycles. The molecule has 1 aliphatic heterocycles. The maximum absolute atomic E-state index is 13.4. The number of thioether (sulfide) groups is 1. The third kappa shape index (κ3) is 7.50. The molecular formula is C19H32FIN4S. The topological polar surface area (TPSA) is 39.7 Å².